The van der Waals surface area contributed by atoms with Gasteiger partial charge in [0.2, 0.25) is 5.91 Å². The highest BCUT2D eigenvalue weighted by Crippen LogP contribution is 2.18. The molecule has 0 heterocycles. The van der Waals surface area contributed by atoms with Gasteiger partial charge < -0.3 is 5.32 Å². The molecule has 0 aliphatic heterocycles. The largest absolute Gasteiger partial charge is 0.325 e. The van der Waals surface area contributed by atoms with E-state index in [0.29, 0.717) is 17.0 Å². The predicted octanol–water partition coefficient (Wildman–Crippen LogP) is 7.12. The lowest BCUT2D eigenvalue weighted by atomic mass is 10.0. The number of unbranched alkanes of at least 4 members (excludes halogenated alkanes) is 13. The molecule has 4 nitrogen and oxygen atoms in total. The van der Waals surface area contributed by atoms with Crippen molar-refractivity contribution in [2.24, 2.45) is 0 Å². The number of halogens is 1. The molecule has 0 spiro atoms. The van der Waals surface area contributed by atoms with Crippen molar-refractivity contribution >= 4 is 33.0 Å². The van der Waals surface area contributed by atoms with Crippen molar-refractivity contribution in [3.63, 3.8) is 0 Å². The van der Waals surface area contributed by atoms with E-state index in [0.717, 1.165) is 12.8 Å². The van der Waals surface area contributed by atoms with Crippen LogP contribution in [0.4, 0.5) is 5.69 Å². The van der Waals surface area contributed by atoms with Crippen molar-refractivity contribution < 1.29 is 13.2 Å². The van der Waals surface area contributed by atoms with Crippen LogP contribution in [0, 0.1) is 0 Å². The number of nitrogens with one attached hydrogen (secondary N) is 1. The molecule has 1 amide bonds. The summed E-state index contributed by atoms with van der Waals surface area (Å²) in [6.45, 7) is 2.26. The number of carbonyl (C=O) groups is 1. The summed E-state index contributed by atoms with van der Waals surface area (Å²) in [4.78, 5) is 11.6. The Morgan fingerprint density at radius 2 is 1.20 bits per heavy atom. The second kappa shape index (κ2) is 16.6. The van der Waals surface area contributed by atoms with Crippen LogP contribution in [-0.2, 0) is 14.6 Å². The fraction of sp³-hybridized carbons (Fsp3) is 0.708. The number of hydrogen-bond donors (Lipinski definition) is 1. The van der Waals surface area contributed by atoms with Crippen LogP contribution < -0.4 is 5.32 Å². The van der Waals surface area contributed by atoms with Crippen LogP contribution >= 0.6 is 11.6 Å². The minimum absolute atomic E-state index is 0.126. The molecule has 0 radical (unpaired) electrons. The highest BCUT2D eigenvalue weighted by Gasteiger charge is 2.14. The molecule has 0 aliphatic carbocycles. The lowest BCUT2D eigenvalue weighted by molar-refractivity contribution is -0.113. The average molecular weight is 458 g/mol. The van der Waals surface area contributed by atoms with Gasteiger partial charge in [-0.25, -0.2) is 8.42 Å². The van der Waals surface area contributed by atoms with Gasteiger partial charge in [0.1, 0.15) is 5.88 Å². The van der Waals surface area contributed by atoms with Crippen LogP contribution in [-0.4, -0.2) is 26.0 Å². The molecule has 172 valence electrons. The molecule has 1 rings (SSSR count). The molecule has 6 heteroatoms. The average Bonchev–Trinajstić information content (AvgIpc) is 2.74. The van der Waals surface area contributed by atoms with Gasteiger partial charge in [-0.3, -0.25) is 4.79 Å². The Bertz CT molecular complexity index is 674. The normalized spacial score (nSPS) is 11.5. The first-order valence-electron chi connectivity index (χ1n) is 11.7. The zero-order valence-electron chi connectivity index (χ0n) is 18.6. The third-order valence-electron chi connectivity index (χ3n) is 5.39. The molecule has 0 atom stereocenters. The first kappa shape index (κ1) is 27.0. The summed E-state index contributed by atoms with van der Waals surface area (Å²) < 4.78 is 24.9. The number of carbonyl (C=O) groups excluding carboxylic acids is 1. The zero-order chi connectivity index (χ0) is 22.1. The van der Waals surface area contributed by atoms with Crippen LogP contribution in [0.15, 0.2) is 29.2 Å². The Labute approximate surface area is 189 Å². The van der Waals surface area contributed by atoms with E-state index in [2.05, 4.69) is 12.2 Å². The number of hydrogen-bond acceptors (Lipinski definition) is 3. The van der Waals surface area contributed by atoms with E-state index in [-0.39, 0.29) is 17.5 Å². The molecular formula is C24H40ClNO3S. The fourth-order valence-electron chi connectivity index (χ4n) is 3.54. The summed E-state index contributed by atoms with van der Waals surface area (Å²) in [6.07, 6.45) is 17.5. The first-order valence-corrected chi connectivity index (χ1v) is 13.9. The maximum absolute atomic E-state index is 12.4. The number of alkyl halides is 1. The summed E-state index contributed by atoms with van der Waals surface area (Å²) in [5.74, 6) is -0.257. The van der Waals surface area contributed by atoms with Crippen LogP contribution in [0.5, 0.6) is 0 Å². The number of amides is 1. The lowest BCUT2D eigenvalue weighted by Gasteiger charge is -2.07. The molecule has 0 saturated heterocycles. The van der Waals surface area contributed by atoms with Gasteiger partial charge in [-0.2, -0.15) is 0 Å². The predicted molar refractivity (Wildman–Crippen MR) is 128 cm³/mol. The minimum atomic E-state index is -3.27. The summed E-state index contributed by atoms with van der Waals surface area (Å²) in [5, 5.41) is 2.60. The molecule has 0 unspecified atom stereocenters. The van der Waals surface area contributed by atoms with Gasteiger partial charge in [0.05, 0.1) is 10.6 Å². The van der Waals surface area contributed by atoms with E-state index in [1.165, 1.54) is 70.6 Å². The summed E-state index contributed by atoms with van der Waals surface area (Å²) in [5.41, 5.74) is 0.552. The van der Waals surface area contributed by atoms with Gasteiger partial charge in [-0.15, -0.1) is 11.6 Å². The Hall–Kier alpha value is -1.07. The molecule has 30 heavy (non-hydrogen) atoms. The van der Waals surface area contributed by atoms with Gasteiger partial charge in [0.15, 0.2) is 9.84 Å². The second-order valence-electron chi connectivity index (χ2n) is 8.12. The highest BCUT2D eigenvalue weighted by molar-refractivity contribution is 7.91. The molecule has 1 aromatic carbocycles. The molecule has 1 aromatic rings. The number of anilines is 1. The van der Waals surface area contributed by atoms with Crippen molar-refractivity contribution in [2.45, 2.75) is 102 Å². The lowest BCUT2D eigenvalue weighted by Crippen LogP contribution is -2.12. The SMILES string of the molecule is CCCCCCCCCCCCCCCCS(=O)(=O)c1ccc(NC(=O)CCl)cc1. The maximum Gasteiger partial charge on any atom is 0.239 e. The smallest absolute Gasteiger partial charge is 0.239 e. The van der Waals surface area contributed by atoms with Gasteiger partial charge in [0.25, 0.3) is 0 Å². The number of benzene rings is 1. The zero-order valence-corrected chi connectivity index (χ0v) is 20.2. The molecule has 1 N–H and O–H groups in total. The molecule has 0 fully saturated rings. The van der Waals surface area contributed by atoms with Crippen LogP contribution in [0.3, 0.4) is 0 Å². The van der Waals surface area contributed by atoms with Crippen molar-refractivity contribution in [1.29, 1.82) is 0 Å². The van der Waals surface area contributed by atoms with E-state index in [4.69, 9.17) is 11.6 Å². The van der Waals surface area contributed by atoms with E-state index >= 15 is 0 Å². The Morgan fingerprint density at radius 3 is 1.63 bits per heavy atom. The first-order chi connectivity index (χ1) is 14.5. The maximum atomic E-state index is 12.4. The third-order valence-corrected chi connectivity index (χ3v) is 7.44. The summed E-state index contributed by atoms with van der Waals surface area (Å²) in [7, 11) is -3.27. The van der Waals surface area contributed by atoms with Gasteiger partial charge in [0, 0.05) is 5.69 Å². The highest BCUT2D eigenvalue weighted by atomic mass is 35.5. The second-order valence-corrected chi connectivity index (χ2v) is 10.5. The quantitative estimate of drug-likeness (QED) is 0.188. The van der Waals surface area contributed by atoms with Crippen molar-refractivity contribution in [1.82, 2.24) is 0 Å². The van der Waals surface area contributed by atoms with E-state index in [9.17, 15) is 13.2 Å². The minimum Gasteiger partial charge on any atom is -0.325 e. The van der Waals surface area contributed by atoms with Gasteiger partial charge in [-0.05, 0) is 30.7 Å². The van der Waals surface area contributed by atoms with Gasteiger partial charge >= 0.3 is 0 Å². The van der Waals surface area contributed by atoms with E-state index in [1.54, 1.807) is 24.3 Å². The fourth-order valence-corrected chi connectivity index (χ4v) is 4.98. The molecule has 0 aromatic heterocycles. The van der Waals surface area contributed by atoms with Crippen molar-refractivity contribution in [3.05, 3.63) is 24.3 Å². The standard InChI is InChI=1S/C24H40ClNO3S/c1-2-3-4-5-6-7-8-9-10-11-12-13-14-15-20-30(28,29)23-18-16-22(17-19-23)26-24(27)21-25/h16-19H,2-15,20-21H2,1H3,(H,26,27). The van der Waals surface area contributed by atoms with Crippen molar-refractivity contribution in [3.8, 4) is 0 Å². The van der Waals surface area contributed by atoms with Crippen LogP contribution in [0.25, 0.3) is 0 Å². The Balaban J connectivity index is 2.07. The molecule has 0 saturated carbocycles. The number of rotatable bonds is 18. The molecular weight excluding hydrogens is 418 g/mol. The Morgan fingerprint density at radius 1 is 0.767 bits per heavy atom. The molecule has 0 bridgehead atoms. The van der Waals surface area contributed by atoms with E-state index in [1.807, 2.05) is 0 Å². The Kier molecular flexibility index (Phi) is 14.9. The van der Waals surface area contributed by atoms with Crippen LogP contribution in [0.2, 0.25) is 0 Å². The third kappa shape index (κ3) is 12.6. The van der Waals surface area contributed by atoms with Crippen molar-refractivity contribution in [2.75, 3.05) is 16.9 Å². The summed E-state index contributed by atoms with van der Waals surface area (Å²) >= 11 is 5.45. The van der Waals surface area contributed by atoms with Gasteiger partial charge in [-0.1, -0.05) is 90.4 Å². The number of sulfone groups is 1. The van der Waals surface area contributed by atoms with E-state index < -0.39 is 9.84 Å². The van der Waals surface area contributed by atoms with Crippen LogP contribution in [0.1, 0.15) is 96.8 Å². The molecule has 0 aliphatic rings. The monoisotopic (exact) mass is 457 g/mol. The summed E-state index contributed by atoms with van der Waals surface area (Å²) in [6, 6.07) is 6.29. The topological polar surface area (TPSA) is 63.2 Å².